The van der Waals surface area contributed by atoms with Crippen LogP contribution in [-0.2, 0) is 13.6 Å². The number of benzene rings is 1. The lowest BCUT2D eigenvalue weighted by molar-refractivity contribution is 0.626. The van der Waals surface area contributed by atoms with Gasteiger partial charge in [-0.3, -0.25) is 4.68 Å². The normalized spacial score (nSPS) is 10.9. The van der Waals surface area contributed by atoms with Crippen LogP contribution >= 0.6 is 11.8 Å². The zero-order chi connectivity index (χ0) is 13.8. The van der Waals surface area contributed by atoms with Gasteiger partial charge in [-0.25, -0.2) is 4.39 Å². The van der Waals surface area contributed by atoms with Gasteiger partial charge in [-0.15, -0.1) is 0 Å². The van der Waals surface area contributed by atoms with Gasteiger partial charge in [0.25, 0.3) is 0 Å². The van der Waals surface area contributed by atoms with Crippen molar-refractivity contribution in [3.05, 3.63) is 41.3 Å². The van der Waals surface area contributed by atoms with E-state index < -0.39 is 0 Å². The Morgan fingerprint density at radius 2 is 2.00 bits per heavy atom. The van der Waals surface area contributed by atoms with E-state index in [1.54, 1.807) is 23.9 Å². The molecular weight excluding hydrogens is 261 g/mol. The fourth-order valence-corrected chi connectivity index (χ4v) is 2.89. The maximum absolute atomic E-state index is 12.9. The molecule has 3 nitrogen and oxygen atoms in total. The Morgan fingerprint density at radius 3 is 2.63 bits per heavy atom. The summed E-state index contributed by atoms with van der Waals surface area (Å²) in [6.07, 6.45) is 0. The van der Waals surface area contributed by atoms with E-state index >= 15 is 0 Å². The van der Waals surface area contributed by atoms with Gasteiger partial charge in [-0.2, -0.15) is 5.10 Å². The Labute approximate surface area is 117 Å². The number of nitrogens with zero attached hydrogens (tertiary/aromatic N) is 2. The summed E-state index contributed by atoms with van der Waals surface area (Å²) in [6, 6.07) is 6.55. The maximum Gasteiger partial charge on any atom is 0.123 e. The average molecular weight is 279 g/mol. The van der Waals surface area contributed by atoms with Crippen LogP contribution in [0.15, 0.2) is 34.2 Å². The molecule has 1 aromatic heterocycles. The second kappa shape index (κ2) is 6.21. The minimum absolute atomic E-state index is 0.210. The third-order valence-corrected chi connectivity index (χ3v) is 4.08. The monoisotopic (exact) mass is 279 g/mol. The molecule has 19 heavy (non-hydrogen) atoms. The van der Waals surface area contributed by atoms with Gasteiger partial charge in [0.05, 0.1) is 5.69 Å². The first-order chi connectivity index (χ1) is 9.11. The van der Waals surface area contributed by atoms with E-state index in [0.29, 0.717) is 0 Å². The molecule has 0 aliphatic rings. The minimum atomic E-state index is -0.210. The molecule has 0 aliphatic carbocycles. The summed E-state index contributed by atoms with van der Waals surface area (Å²) in [5, 5.41) is 8.89. The Morgan fingerprint density at radius 1 is 1.32 bits per heavy atom. The molecular formula is C14H18FN3S. The van der Waals surface area contributed by atoms with Gasteiger partial charge in [0.1, 0.15) is 10.8 Å². The van der Waals surface area contributed by atoms with Crippen LogP contribution in [0.3, 0.4) is 0 Å². The third kappa shape index (κ3) is 3.36. The molecule has 0 saturated carbocycles. The SMILES string of the molecule is CCNCc1c(C)nn(C)c1Sc1ccc(F)cc1. The van der Waals surface area contributed by atoms with Crippen molar-refractivity contribution in [3.8, 4) is 0 Å². The predicted octanol–water partition coefficient (Wildman–Crippen LogP) is 3.13. The van der Waals surface area contributed by atoms with E-state index in [1.165, 1.54) is 17.7 Å². The van der Waals surface area contributed by atoms with Gasteiger partial charge in [0.15, 0.2) is 0 Å². The Kier molecular flexibility index (Phi) is 4.61. The largest absolute Gasteiger partial charge is 0.313 e. The van der Waals surface area contributed by atoms with Crippen molar-refractivity contribution in [1.29, 1.82) is 0 Å². The molecule has 5 heteroatoms. The average Bonchev–Trinajstić information content (AvgIpc) is 2.65. The van der Waals surface area contributed by atoms with Crippen LogP contribution in [0.1, 0.15) is 18.2 Å². The molecule has 0 atom stereocenters. The topological polar surface area (TPSA) is 29.9 Å². The van der Waals surface area contributed by atoms with Crippen molar-refractivity contribution in [2.24, 2.45) is 7.05 Å². The molecule has 1 heterocycles. The van der Waals surface area contributed by atoms with Gasteiger partial charge < -0.3 is 5.32 Å². The zero-order valence-corrected chi connectivity index (χ0v) is 12.2. The molecule has 0 amide bonds. The Hall–Kier alpha value is -1.33. The number of aromatic nitrogens is 2. The lowest BCUT2D eigenvalue weighted by atomic mass is 10.2. The molecule has 2 rings (SSSR count). The Bertz CT molecular complexity index is 549. The summed E-state index contributed by atoms with van der Waals surface area (Å²) in [6.45, 7) is 5.83. The number of rotatable bonds is 5. The first-order valence-corrected chi connectivity index (χ1v) is 7.10. The quantitative estimate of drug-likeness (QED) is 0.912. The third-order valence-electron chi connectivity index (χ3n) is 2.87. The fraction of sp³-hybridized carbons (Fsp3) is 0.357. The highest BCUT2D eigenvalue weighted by molar-refractivity contribution is 7.99. The summed E-state index contributed by atoms with van der Waals surface area (Å²) < 4.78 is 14.8. The van der Waals surface area contributed by atoms with E-state index in [0.717, 1.165) is 28.7 Å². The van der Waals surface area contributed by atoms with Crippen LogP contribution in [0.5, 0.6) is 0 Å². The minimum Gasteiger partial charge on any atom is -0.313 e. The van der Waals surface area contributed by atoms with Crippen LogP contribution in [0.2, 0.25) is 0 Å². The molecule has 2 aromatic rings. The van der Waals surface area contributed by atoms with E-state index in [2.05, 4.69) is 17.3 Å². The van der Waals surface area contributed by atoms with Crippen molar-refractivity contribution < 1.29 is 4.39 Å². The summed E-state index contributed by atoms with van der Waals surface area (Å²) in [4.78, 5) is 1.02. The first-order valence-electron chi connectivity index (χ1n) is 6.28. The van der Waals surface area contributed by atoms with Crippen LogP contribution in [0.25, 0.3) is 0 Å². The molecule has 0 bridgehead atoms. The van der Waals surface area contributed by atoms with Crippen LogP contribution in [-0.4, -0.2) is 16.3 Å². The molecule has 0 unspecified atom stereocenters. The summed E-state index contributed by atoms with van der Waals surface area (Å²) in [5.74, 6) is -0.210. The number of aryl methyl sites for hydroxylation is 2. The number of hydrogen-bond acceptors (Lipinski definition) is 3. The zero-order valence-electron chi connectivity index (χ0n) is 11.4. The van der Waals surface area contributed by atoms with Crippen molar-refractivity contribution in [2.45, 2.75) is 30.3 Å². The number of hydrogen-bond donors (Lipinski definition) is 1. The van der Waals surface area contributed by atoms with Crippen LogP contribution in [0, 0.1) is 12.7 Å². The lowest BCUT2D eigenvalue weighted by Gasteiger charge is -2.07. The fourth-order valence-electron chi connectivity index (χ4n) is 1.88. The predicted molar refractivity (Wildman–Crippen MR) is 75.8 cm³/mol. The number of halogens is 1. The lowest BCUT2D eigenvalue weighted by Crippen LogP contribution is -2.12. The van der Waals surface area contributed by atoms with E-state index in [1.807, 2.05) is 18.7 Å². The van der Waals surface area contributed by atoms with Crippen molar-refractivity contribution in [2.75, 3.05) is 6.54 Å². The van der Waals surface area contributed by atoms with Gasteiger partial charge in [0.2, 0.25) is 0 Å². The van der Waals surface area contributed by atoms with Gasteiger partial charge in [-0.1, -0.05) is 18.7 Å². The molecule has 0 aliphatic heterocycles. The molecule has 0 spiro atoms. The second-order valence-corrected chi connectivity index (χ2v) is 5.39. The van der Waals surface area contributed by atoms with E-state index in [-0.39, 0.29) is 5.82 Å². The maximum atomic E-state index is 12.9. The van der Waals surface area contributed by atoms with Crippen molar-refractivity contribution >= 4 is 11.8 Å². The van der Waals surface area contributed by atoms with Gasteiger partial charge >= 0.3 is 0 Å². The Balaban J connectivity index is 2.25. The molecule has 0 saturated heterocycles. The van der Waals surface area contributed by atoms with Crippen LogP contribution in [0.4, 0.5) is 4.39 Å². The summed E-state index contributed by atoms with van der Waals surface area (Å²) in [7, 11) is 1.94. The second-order valence-electron chi connectivity index (χ2n) is 4.33. The highest BCUT2D eigenvalue weighted by Crippen LogP contribution is 2.31. The highest BCUT2D eigenvalue weighted by Gasteiger charge is 2.14. The van der Waals surface area contributed by atoms with Crippen LogP contribution < -0.4 is 5.32 Å². The molecule has 1 aromatic carbocycles. The van der Waals surface area contributed by atoms with Gasteiger partial charge in [-0.05, 0) is 37.7 Å². The van der Waals surface area contributed by atoms with E-state index in [4.69, 9.17) is 0 Å². The molecule has 0 fully saturated rings. The van der Waals surface area contributed by atoms with Crippen molar-refractivity contribution in [1.82, 2.24) is 15.1 Å². The number of nitrogens with one attached hydrogen (secondary N) is 1. The smallest absolute Gasteiger partial charge is 0.123 e. The van der Waals surface area contributed by atoms with E-state index in [9.17, 15) is 4.39 Å². The first kappa shape index (κ1) is 14.1. The molecule has 1 N–H and O–H groups in total. The van der Waals surface area contributed by atoms with Crippen molar-refractivity contribution in [3.63, 3.8) is 0 Å². The molecule has 0 radical (unpaired) electrons. The van der Waals surface area contributed by atoms with Gasteiger partial charge in [0, 0.05) is 24.1 Å². The molecule has 102 valence electrons. The summed E-state index contributed by atoms with van der Waals surface area (Å²) >= 11 is 1.61. The standard InChI is InChI=1S/C14H18FN3S/c1-4-16-9-13-10(2)17-18(3)14(13)19-12-7-5-11(15)6-8-12/h5-8,16H,4,9H2,1-3H3. The highest BCUT2D eigenvalue weighted by atomic mass is 32.2. The summed E-state index contributed by atoms with van der Waals surface area (Å²) in [5.41, 5.74) is 2.24.